The van der Waals surface area contributed by atoms with Gasteiger partial charge >= 0.3 is 0 Å². The molecule has 108 valence electrons. The lowest BCUT2D eigenvalue weighted by Crippen LogP contribution is -2.34. The van der Waals surface area contributed by atoms with Crippen molar-refractivity contribution in [1.82, 2.24) is 0 Å². The van der Waals surface area contributed by atoms with Gasteiger partial charge in [-0.15, -0.1) is 0 Å². The number of unbranched alkanes of at least 4 members (excludes halogenated alkanes) is 1. The third-order valence-electron chi connectivity index (χ3n) is 3.39. The molecular weight excluding hydrogens is 240 g/mol. The SMILES string of the molecule is COc1cccc(N(C)CCCCC(C)(O)CN)c1. The normalized spacial score (nSPS) is 13.9. The van der Waals surface area contributed by atoms with Gasteiger partial charge in [-0.25, -0.2) is 0 Å². The predicted octanol–water partition coefficient (Wildman–Crippen LogP) is 2.01. The quantitative estimate of drug-likeness (QED) is 0.707. The van der Waals surface area contributed by atoms with Crippen LogP contribution in [0.2, 0.25) is 0 Å². The maximum atomic E-state index is 9.82. The summed E-state index contributed by atoms with van der Waals surface area (Å²) in [7, 11) is 3.74. The van der Waals surface area contributed by atoms with E-state index in [9.17, 15) is 5.11 Å². The Morgan fingerprint density at radius 2 is 2.11 bits per heavy atom. The zero-order chi connectivity index (χ0) is 14.3. The van der Waals surface area contributed by atoms with Crippen molar-refractivity contribution in [3.05, 3.63) is 24.3 Å². The minimum atomic E-state index is -0.728. The third-order valence-corrected chi connectivity index (χ3v) is 3.39. The zero-order valence-electron chi connectivity index (χ0n) is 12.2. The molecule has 0 saturated carbocycles. The minimum Gasteiger partial charge on any atom is -0.497 e. The lowest BCUT2D eigenvalue weighted by Gasteiger charge is -2.23. The molecule has 19 heavy (non-hydrogen) atoms. The number of ether oxygens (including phenoxy) is 1. The average Bonchev–Trinajstić information content (AvgIpc) is 2.43. The van der Waals surface area contributed by atoms with Crippen LogP contribution in [0.25, 0.3) is 0 Å². The number of methoxy groups -OCH3 is 1. The van der Waals surface area contributed by atoms with Gasteiger partial charge in [-0.05, 0) is 38.3 Å². The molecule has 1 aromatic rings. The second-order valence-corrected chi connectivity index (χ2v) is 5.28. The summed E-state index contributed by atoms with van der Waals surface area (Å²) in [5.74, 6) is 0.871. The van der Waals surface area contributed by atoms with E-state index in [1.165, 1.54) is 0 Å². The van der Waals surface area contributed by atoms with Crippen LogP contribution in [0.15, 0.2) is 24.3 Å². The van der Waals surface area contributed by atoms with Gasteiger partial charge in [0.15, 0.2) is 0 Å². The fourth-order valence-electron chi connectivity index (χ4n) is 1.93. The molecule has 0 heterocycles. The largest absolute Gasteiger partial charge is 0.497 e. The third kappa shape index (κ3) is 5.49. The Hall–Kier alpha value is -1.26. The maximum Gasteiger partial charge on any atom is 0.120 e. The minimum absolute atomic E-state index is 0.318. The summed E-state index contributed by atoms with van der Waals surface area (Å²) in [6.07, 6.45) is 2.75. The summed E-state index contributed by atoms with van der Waals surface area (Å²) in [6, 6.07) is 8.02. The van der Waals surface area contributed by atoms with Crippen LogP contribution in [0.4, 0.5) is 5.69 Å². The van der Waals surface area contributed by atoms with Crippen LogP contribution < -0.4 is 15.4 Å². The van der Waals surface area contributed by atoms with Gasteiger partial charge in [0.05, 0.1) is 12.7 Å². The molecule has 0 fully saturated rings. The number of benzene rings is 1. The number of hydrogen-bond donors (Lipinski definition) is 2. The second-order valence-electron chi connectivity index (χ2n) is 5.28. The van der Waals surface area contributed by atoms with E-state index in [0.29, 0.717) is 6.54 Å². The van der Waals surface area contributed by atoms with E-state index in [4.69, 9.17) is 10.5 Å². The Kier molecular flexibility index (Phi) is 6.12. The molecule has 1 atom stereocenters. The zero-order valence-corrected chi connectivity index (χ0v) is 12.2. The molecule has 0 aromatic heterocycles. The van der Waals surface area contributed by atoms with Crippen molar-refractivity contribution in [2.75, 3.05) is 32.1 Å². The lowest BCUT2D eigenvalue weighted by atomic mass is 9.99. The molecule has 4 heteroatoms. The predicted molar refractivity (Wildman–Crippen MR) is 79.8 cm³/mol. The number of nitrogens with zero attached hydrogens (tertiary/aromatic N) is 1. The first-order chi connectivity index (χ1) is 8.98. The van der Waals surface area contributed by atoms with Gasteiger partial charge in [0.25, 0.3) is 0 Å². The summed E-state index contributed by atoms with van der Waals surface area (Å²) < 4.78 is 5.22. The molecule has 0 aliphatic carbocycles. The van der Waals surface area contributed by atoms with Gasteiger partial charge in [0.1, 0.15) is 5.75 Å². The van der Waals surface area contributed by atoms with Crippen LogP contribution in [0.5, 0.6) is 5.75 Å². The fraction of sp³-hybridized carbons (Fsp3) is 0.600. The molecule has 0 aliphatic heterocycles. The summed E-state index contributed by atoms with van der Waals surface area (Å²) >= 11 is 0. The molecule has 0 bridgehead atoms. The number of hydrogen-bond acceptors (Lipinski definition) is 4. The number of aliphatic hydroxyl groups is 1. The first-order valence-electron chi connectivity index (χ1n) is 6.76. The first kappa shape index (κ1) is 15.8. The molecule has 0 radical (unpaired) electrons. The van der Waals surface area contributed by atoms with Crippen LogP contribution in [-0.2, 0) is 0 Å². The highest BCUT2D eigenvalue weighted by molar-refractivity contribution is 5.49. The number of rotatable bonds is 8. The van der Waals surface area contributed by atoms with E-state index in [1.807, 2.05) is 18.2 Å². The fourth-order valence-corrected chi connectivity index (χ4v) is 1.93. The van der Waals surface area contributed by atoms with Crippen LogP contribution in [-0.4, -0.2) is 38.0 Å². The van der Waals surface area contributed by atoms with Crippen molar-refractivity contribution in [1.29, 1.82) is 0 Å². The molecule has 1 unspecified atom stereocenters. The van der Waals surface area contributed by atoms with E-state index in [-0.39, 0.29) is 0 Å². The van der Waals surface area contributed by atoms with Crippen LogP contribution in [0.3, 0.4) is 0 Å². The molecule has 0 saturated heterocycles. The van der Waals surface area contributed by atoms with E-state index in [2.05, 4.69) is 18.0 Å². The Morgan fingerprint density at radius 3 is 2.74 bits per heavy atom. The summed E-state index contributed by atoms with van der Waals surface area (Å²) in [5.41, 5.74) is 5.91. The Labute approximate surface area is 116 Å². The summed E-state index contributed by atoms with van der Waals surface area (Å²) in [5, 5.41) is 9.82. The maximum absolute atomic E-state index is 9.82. The highest BCUT2D eigenvalue weighted by Gasteiger charge is 2.16. The second kappa shape index (κ2) is 7.36. The van der Waals surface area contributed by atoms with E-state index < -0.39 is 5.60 Å². The molecule has 0 spiro atoms. The van der Waals surface area contributed by atoms with Crippen molar-refractivity contribution in [2.45, 2.75) is 31.8 Å². The number of nitrogens with two attached hydrogens (primary N) is 1. The molecule has 0 aliphatic rings. The molecule has 1 rings (SSSR count). The molecule has 0 amide bonds. The van der Waals surface area contributed by atoms with E-state index in [0.717, 1.165) is 37.2 Å². The molecule has 3 N–H and O–H groups in total. The van der Waals surface area contributed by atoms with Gasteiger partial charge in [-0.3, -0.25) is 0 Å². The van der Waals surface area contributed by atoms with E-state index >= 15 is 0 Å². The van der Waals surface area contributed by atoms with Crippen molar-refractivity contribution >= 4 is 5.69 Å². The van der Waals surface area contributed by atoms with Crippen LogP contribution in [0.1, 0.15) is 26.2 Å². The monoisotopic (exact) mass is 266 g/mol. The van der Waals surface area contributed by atoms with Crippen molar-refractivity contribution in [3.63, 3.8) is 0 Å². The Morgan fingerprint density at radius 1 is 1.37 bits per heavy atom. The van der Waals surface area contributed by atoms with Gasteiger partial charge in [0.2, 0.25) is 0 Å². The average molecular weight is 266 g/mol. The topological polar surface area (TPSA) is 58.7 Å². The number of anilines is 1. The summed E-state index contributed by atoms with van der Waals surface area (Å²) in [6.45, 7) is 3.06. The van der Waals surface area contributed by atoms with E-state index in [1.54, 1.807) is 14.0 Å². The first-order valence-corrected chi connectivity index (χ1v) is 6.76. The van der Waals surface area contributed by atoms with Crippen LogP contribution in [0, 0.1) is 0 Å². The van der Waals surface area contributed by atoms with Crippen molar-refractivity contribution in [2.24, 2.45) is 5.73 Å². The highest BCUT2D eigenvalue weighted by atomic mass is 16.5. The van der Waals surface area contributed by atoms with Gasteiger partial charge in [-0.2, -0.15) is 0 Å². The van der Waals surface area contributed by atoms with Gasteiger partial charge in [-0.1, -0.05) is 6.07 Å². The molecular formula is C15H26N2O2. The highest BCUT2D eigenvalue weighted by Crippen LogP contribution is 2.20. The standard InChI is InChI=1S/C15H26N2O2/c1-15(18,12-16)9-4-5-10-17(2)13-7-6-8-14(11-13)19-3/h6-8,11,18H,4-5,9-10,12,16H2,1-3H3. The summed E-state index contributed by atoms with van der Waals surface area (Å²) in [4.78, 5) is 2.19. The Balaban J connectivity index is 2.36. The Bertz CT molecular complexity index is 380. The van der Waals surface area contributed by atoms with Crippen molar-refractivity contribution < 1.29 is 9.84 Å². The van der Waals surface area contributed by atoms with Crippen molar-refractivity contribution in [3.8, 4) is 5.75 Å². The molecule has 1 aromatic carbocycles. The van der Waals surface area contributed by atoms with Crippen LogP contribution >= 0.6 is 0 Å². The van der Waals surface area contributed by atoms with Gasteiger partial charge < -0.3 is 20.5 Å². The lowest BCUT2D eigenvalue weighted by molar-refractivity contribution is 0.0575. The van der Waals surface area contributed by atoms with Gasteiger partial charge in [0, 0.05) is 31.9 Å². The molecule has 4 nitrogen and oxygen atoms in total. The smallest absolute Gasteiger partial charge is 0.120 e.